The summed E-state index contributed by atoms with van der Waals surface area (Å²) >= 11 is 0. The van der Waals surface area contributed by atoms with E-state index in [9.17, 15) is 4.79 Å². The number of likely N-dealkylation sites (tertiary alicyclic amines) is 1. The molecule has 0 aliphatic carbocycles. The molecule has 144 valence electrons. The molecule has 5 heteroatoms. The van der Waals surface area contributed by atoms with Crippen LogP contribution in [0.2, 0.25) is 0 Å². The van der Waals surface area contributed by atoms with Crippen LogP contribution in [0.3, 0.4) is 0 Å². The average molecular weight is 367 g/mol. The second-order valence-electron chi connectivity index (χ2n) is 7.54. The zero-order valence-electron chi connectivity index (χ0n) is 16.4. The standard InChI is InChI=1S/C22H30N4O/c1-25(2)17-18-8-10-19(11-9-18)22(27)24-16-21(20-7-6-12-23-15-20)26-13-4-3-5-14-26/h6-12,15,21H,3-5,13-14,16-17H2,1-2H3,(H,24,27)/t21-/m1/s1. The van der Waals surface area contributed by atoms with Gasteiger partial charge in [-0.1, -0.05) is 24.6 Å². The van der Waals surface area contributed by atoms with Gasteiger partial charge in [-0.2, -0.15) is 0 Å². The van der Waals surface area contributed by atoms with Crippen LogP contribution in [0.4, 0.5) is 0 Å². The van der Waals surface area contributed by atoms with E-state index in [4.69, 9.17) is 0 Å². The lowest BCUT2D eigenvalue weighted by Crippen LogP contribution is -2.40. The Hall–Kier alpha value is -2.24. The van der Waals surface area contributed by atoms with Crippen LogP contribution in [0.1, 0.15) is 46.8 Å². The Kier molecular flexibility index (Phi) is 6.96. The number of aromatic nitrogens is 1. The van der Waals surface area contributed by atoms with E-state index in [1.54, 1.807) is 6.20 Å². The summed E-state index contributed by atoms with van der Waals surface area (Å²) in [5.74, 6) is -0.0164. The van der Waals surface area contributed by atoms with E-state index in [0.29, 0.717) is 12.1 Å². The minimum Gasteiger partial charge on any atom is -0.350 e. The van der Waals surface area contributed by atoms with E-state index < -0.39 is 0 Å². The van der Waals surface area contributed by atoms with Gasteiger partial charge in [-0.3, -0.25) is 14.7 Å². The molecule has 1 fully saturated rings. The number of benzene rings is 1. The lowest BCUT2D eigenvalue weighted by molar-refractivity contribution is 0.0924. The van der Waals surface area contributed by atoms with E-state index >= 15 is 0 Å². The Bertz CT molecular complexity index is 709. The Labute approximate surface area is 162 Å². The van der Waals surface area contributed by atoms with E-state index in [2.05, 4.69) is 26.2 Å². The topological polar surface area (TPSA) is 48.5 Å². The highest BCUT2D eigenvalue weighted by Gasteiger charge is 2.23. The minimum absolute atomic E-state index is 0.0164. The van der Waals surface area contributed by atoms with Crippen LogP contribution in [0.25, 0.3) is 0 Å². The number of hydrogen-bond donors (Lipinski definition) is 1. The summed E-state index contributed by atoms with van der Waals surface area (Å²) in [5.41, 5.74) is 3.08. The molecule has 2 heterocycles. The summed E-state index contributed by atoms with van der Waals surface area (Å²) in [7, 11) is 4.08. The Morgan fingerprint density at radius 3 is 2.52 bits per heavy atom. The van der Waals surface area contributed by atoms with Gasteiger partial charge in [-0.05, 0) is 69.4 Å². The number of hydrogen-bond acceptors (Lipinski definition) is 4. The quantitative estimate of drug-likeness (QED) is 0.818. The zero-order valence-corrected chi connectivity index (χ0v) is 16.4. The van der Waals surface area contributed by atoms with Crippen molar-refractivity contribution in [2.45, 2.75) is 31.8 Å². The highest BCUT2D eigenvalue weighted by atomic mass is 16.1. The summed E-state index contributed by atoms with van der Waals surface area (Å²) in [6, 6.07) is 12.1. The summed E-state index contributed by atoms with van der Waals surface area (Å²) in [5, 5.41) is 3.14. The molecule has 0 unspecified atom stereocenters. The number of carbonyl (C=O) groups is 1. The summed E-state index contributed by atoms with van der Waals surface area (Å²) in [6.45, 7) is 3.63. The molecule has 1 N–H and O–H groups in total. The highest BCUT2D eigenvalue weighted by molar-refractivity contribution is 5.94. The maximum absolute atomic E-state index is 12.6. The zero-order chi connectivity index (χ0) is 19.1. The van der Waals surface area contributed by atoms with Crippen LogP contribution in [-0.4, -0.2) is 54.4 Å². The lowest BCUT2D eigenvalue weighted by atomic mass is 10.0. The van der Waals surface area contributed by atoms with E-state index in [0.717, 1.165) is 19.6 Å². The molecular weight excluding hydrogens is 336 g/mol. The van der Waals surface area contributed by atoms with E-state index in [-0.39, 0.29) is 11.9 Å². The number of carbonyl (C=O) groups excluding carboxylic acids is 1. The largest absolute Gasteiger partial charge is 0.350 e. The van der Waals surface area contributed by atoms with Gasteiger partial charge in [0.05, 0.1) is 6.04 Å². The van der Waals surface area contributed by atoms with Gasteiger partial charge >= 0.3 is 0 Å². The number of piperidine rings is 1. The molecule has 1 aliphatic rings. The van der Waals surface area contributed by atoms with Crippen molar-refractivity contribution >= 4 is 5.91 Å². The van der Waals surface area contributed by atoms with Crippen molar-refractivity contribution in [3.8, 4) is 0 Å². The fraction of sp³-hybridized carbons (Fsp3) is 0.455. The van der Waals surface area contributed by atoms with Crippen molar-refractivity contribution in [2.75, 3.05) is 33.7 Å². The second kappa shape index (κ2) is 9.62. The van der Waals surface area contributed by atoms with Crippen molar-refractivity contribution in [1.82, 2.24) is 20.1 Å². The van der Waals surface area contributed by atoms with Gasteiger partial charge in [-0.15, -0.1) is 0 Å². The van der Waals surface area contributed by atoms with Gasteiger partial charge in [0.25, 0.3) is 5.91 Å². The van der Waals surface area contributed by atoms with Gasteiger partial charge < -0.3 is 10.2 Å². The molecule has 1 saturated heterocycles. The van der Waals surface area contributed by atoms with Crippen molar-refractivity contribution in [3.05, 3.63) is 65.5 Å². The van der Waals surface area contributed by atoms with Gasteiger partial charge in [0, 0.05) is 31.0 Å². The van der Waals surface area contributed by atoms with Gasteiger partial charge in [-0.25, -0.2) is 0 Å². The lowest BCUT2D eigenvalue weighted by Gasteiger charge is -2.34. The van der Waals surface area contributed by atoms with Crippen LogP contribution in [-0.2, 0) is 6.54 Å². The molecule has 1 atom stereocenters. The first-order chi connectivity index (χ1) is 13.1. The molecule has 1 amide bonds. The third-order valence-corrected chi connectivity index (χ3v) is 5.07. The summed E-state index contributed by atoms with van der Waals surface area (Å²) in [6.07, 6.45) is 7.45. The SMILES string of the molecule is CN(C)Cc1ccc(C(=O)NC[C@H](c2cccnc2)N2CCCCC2)cc1. The number of nitrogens with one attached hydrogen (secondary N) is 1. The first-order valence-electron chi connectivity index (χ1n) is 9.79. The summed E-state index contributed by atoms with van der Waals surface area (Å²) in [4.78, 5) is 21.5. The van der Waals surface area contributed by atoms with Crippen LogP contribution in [0.15, 0.2) is 48.8 Å². The van der Waals surface area contributed by atoms with Crippen LogP contribution < -0.4 is 5.32 Å². The van der Waals surface area contributed by atoms with E-state index in [1.807, 2.05) is 50.6 Å². The third-order valence-electron chi connectivity index (χ3n) is 5.07. The predicted octanol–water partition coefficient (Wildman–Crippen LogP) is 3.10. The van der Waals surface area contributed by atoms with E-state index in [1.165, 1.54) is 30.4 Å². The molecule has 5 nitrogen and oxygen atoms in total. The molecule has 0 bridgehead atoms. The van der Waals surface area contributed by atoms with Crippen LogP contribution in [0.5, 0.6) is 0 Å². The molecule has 0 saturated carbocycles. The number of rotatable bonds is 7. The number of amides is 1. The van der Waals surface area contributed by atoms with Gasteiger partial charge in [0.2, 0.25) is 0 Å². The average Bonchev–Trinajstić information content (AvgIpc) is 2.70. The Morgan fingerprint density at radius 2 is 1.89 bits per heavy atom. The van der Waals surface area contributed by atoms with Crippen molar-refractivity contribution in [2.24, 2.45) is 0 Å². The first-order valence-corrected chi connectivity index (χ1v) is 9.79. The molecule has 1 aromatic heterocycles. The molecule has 2 aromatic rings. The minimum atomic E-state index is -0.0164. The van der Waals surface area contributed by atoms with Gasteiger partial charge in [0.15, 0.2) is 0 Å². The molecule has 0 spiro atoms. The maximum Gasteiger partial charge on any atom is 0.251 e. The normalized spacial score (nSPS) is 16.3. The Balaban J connectivity index is 1.64. The molecule has 1 aliphatic heterocycles. The fourth-order valence-electron chi connectivity index (χ4n) is 3.68. The number of pyridine rings is 1. The molecular formula is C22H30N4O. The first kappa shape index (κ1) is 19.5. The third kappa shape index (κ3) is 5.62. The molecule has 27 heavy (non-hydrogen) atoms. The smallest absolute Gasteiger partial charge is 0.251 e. The van der Waals surface area contributed by atoms with Crippen molar-refractivity contribution in [3.63, 3.8) is 0 Å². The highest BCUT2D eigenvalue weighted by Crippen LogP contribution is 2.23. The van der Waals surface area contributed by atoms with Crippen LogP contribution in [0, 0.1) is 0 Å². The van der Waals surface area contributed by atoms with Crippen molar-refractivity contribution < 1.29 is 4.79 Å². The molecule has 3 rings (SSSR count). The van der Waals surface area contributed by atoms with Crippen molar-refractivity contribution in [1.29, 1.82) is 0 Å². The Morgan fingerprint density at radius 1 is 1.15 bits per heavy atom. The fourth-order valence-corrected chi connectivity index (χ4v) is 3.68. The maximum atomic E-state index is 12.6. The monoisotopic (exact) mass is 366 g/mol. The predicted molar refractivity (Wildman–Crippen MR) is 109 cm³/mol. The summed E-state index contributed by atoms with van der Waals surface area (Å²) < 4.78 is 0. The molecule has 0 radical (unpaired) electrons. The molecule has 1 aromatic carbocycles. The van der Waals surface area contributed by atoms with Gasteiger partial charge in [0.1, 0.15) is 0 Å². The number of nitrogens with zero attached hydrogens (tertiary/aromatic N) is 3. The second-order valence-corrected chi connectivity index (χ2v) is 7.54. The van der Waals surface area contributed by atoms with Crippen LogP contribution >= 0.6 is 0 Å².